The summed E-state index contributed by atoms with van der Waals surface area (Å²) in [5, 5.41) is 0. The summed E-state index contributed by atoms with van der Waals surface area (Å²) in [5.41, 5.74) is 0.625. The Hall–Kier alpha value is -1.28. The summed E-state index contributed by atoms with van der Waals surface area (Å²) in [7, 11) is 0. The minimum Gasteiger partial charge on any atom is -0.294 e. The van der Waals surface area contributed by atoms with Crippen LogP contribution in [0.1, 0.15) is 33.6 Å². The summed E-state index contributed by atoms with van der Waals surface area (Å²) in [6.45, 7) is 5.99. The maximum atomic E-state index is 12.5. The van der Waals surface area contributed by atoms with Crippen LogP contribution in [0.4, 0.5) is 0 Å². The number of Topliss-reactive ketones (excluding diaryl/α,β-unsaturated/α-hetero) is 1. The molecule has 0 N–H and O–H groups in total. The smallest absolute Gasteiger partial charge is 0.168 e. The van der Waals surface area contributed by atoms with E-state index in [1.54, 1.807) is 11.8 Å². The van der Waals surface area contributed by atoms with Crippen LogP contribution < -0.4 is 0 Å². The van der Waals surface area contributed by atoms with Gasteiger partial charge in [-0.3, -0.25) is 4.79 Å². The average molecular weight is 272 g/mol. The van der Waals surface area contributed by atoms with Crippen molar-refractivity contribution in [2.24, 2.45) is 5.41 Å². The van der Waals surface area contributed by atoms with Gasteiger partial charge in [-0.2, -0.15) is 0 Å². The summed E-state index contributed by atoms with van der Waals surface area (Å²) >= 11 is 1.73. The van der Waals surface area contributed by atoms with Crippen LogP contribution in [-0.2, 0) is 4.79 Å². The Morgan fingerprint density at radius 1 is 1.26 bits per heavy atom. The van der Waals surface area contributed by atoms with E-state index in [1.165, 1.54) is 9.80 Å². The quantitative estimate of drug-likeness (QED) is 0.720. The summed E-state index contributed by atoms with van der Waals surface area (Å²) < 4.78 is 0. The number of rotatable bonds is 3. The van der Waals surface area contributed by atoms with Crippen molar-refractivity contribution in [2.45, 2.75) is 38.5 Å². The first-order valence-electron chi connectivity index (χ1n) is 6.68. The van der Waals surface area contributed by atoms with Crippen LogP contribution in [0, 0.1) is 5.41 Å². The zero-order chi connectivity index (χ0) is 13.9. The summed E-state index contributed by atoms with van der Waals surface area (Å²) in [5.74, 6) is 0.273. The normalized spacial score (nSPS) is 24.3. The molecule has 100 valence electrons. The number of hydrogen-bond acceptors (Lipinski definition) is 2. The molecule has 0 unspecified atom stereocenters. The van der Waals surface area contributed by atoms with Gasteiger partial charge in [0.2, 0.25) is 0 Å². The van der Waals surface area contributed by atoms with E-state index in [1.807, 2.05) is 51.1 Å². The van der Waals surface area contributed by atoms with E-state index in [2.05, 4.69) is 12.1 Å². The van der Waals surface area contributed by atoms with E-state index in [0.29, 0.717) is 0 Å². The second-order valence-corrected chi connectivity index (χ2v) is 6.38. The molecular formula is C17H20OS. The number of ketones is 1. The molecule has 0 fully saturated rings. The monoisotopic (exact) mass is 272 g/mol. The summed E-state index contributed by atoms with van der Waals surface area (Å²) in [6, 6.07) is 10.3. The molecule has 0 heterocycles. The minimum absolute atomic E-state index is 0.273. The summed E-state index contributed by atoms with van der Waals surface area (Å²) in [6.07, 6.45) is 5.92. The van der Waals surface area contributed by atoms with Crippen LogP contribution in [0.2, 0.25) is 0 Å². The number of carbonyl (C=O) groups excluding carboxylic acids is 1. The molecule has 1 aromatic carbocycles. The summed E-state index contributed by atoms with van der Waals surface area (Å²) in [4.78, 5) is 14.9. The van der Waals surface area contributed by atoms with E-state index in [9.17, 15) is 4.79 Å². The number of benzene rings is 1. The van der Waals surface area contributed by atoms with Crippen molar-refractivity contribution in [1.82, 2.24) is 0 Å². The van der Waals surface area contributed by atoms with Gasteiger partial charge in [-0.15, -0.1) is 0 Å². The van der Waals surface area contributed by atoms with E-state index in [4.69, 9.17) is 0 Å². The predicted molar refractivity (Wildman–Crippen MR) is 82.2 cm³/mol. The van der Waals surface area contributed by atoms with E-state index in [0.717, 1.165) is 18.4 Å². The van der Waals surface area contributed by atoms with Gasteiger partial charge in [-0.25, -0.2) is 0 Å². The van der Waals surface area contributed by atoms with Gasteiger partial charge in [-0.05, 0) is 50.7 Å². The fourth-order valence-electron chi connectivity index (χ4n) is 2.51. The first-order valence-corrected chi connectivity index (χ1v) is 7.50. The molecule has 1 atom stereocenters. The Labute approximate surface area is 119 Å². The van der Waals surface area contributed by atoms with Crippen LogP contribution in [0.15, 0.2) is 57.9 Å². The number of allylic oxidation sites excluding steroid dienone is 4. The lowest BCUT2D eigenvalue weighted by atomic mass is 9.74. The first kappa shape index (κ1) is 14.1. The Morgan fingerprint density at radius 3 is 2.58 bits per heavy atom. The Morgan fingerprint density at radius 2 is 1.95 bits per heavy atom. The number of hydrogen-bond donors (Lipinski definition) is 0. The van der Waals surface area contributed by atoms with Gasteiger partial charge >= 0.3 is 0 Å². The topological polar surface area (TPSA) is 17.1 Å². The third-order valence-electron chi connectivity index (χ3n) is 3.67. The second kappa shape index (κ2) is 5.79. The molecule has 1 aliphatic rings. The van der Waals surface area contributed by atoms with Gasteiger partial charge in [0.1, 0.15) is 0 Å². The first-order chi connectivity index (χ1) is 9.07. The zero-order valence-electron chi connectivity index (χ0n) is 11.8. The highest BCUT2D eigenvalue weighted by molar-refractivity contribution is 8.03. The van der Waals surface area contributed by atoms with Crippen molar-refractivity contribution in [3.05, 3.63) is 53.0 Å². The van der Waals surface area contributed by atoms with Gasteiger partial charge in [0.05, 0.1) is 0 Å². The van der Waals surface area contributed by atoms with Crippen molar-refractivity contribution in [3.8, 4) is 0 Å². The molecule has 0 saturated carbocycles. The Balaban J connectivity index is 2.24. The maximum absolute atomic E-state index is 12.5. The molecule has 0 spiro atoms. The molecule has 0 bridgehead atoms. The highest BCUT2D eigenvalue weighted by atomic mass is 32.2. The second-order valence-electron chi connectivity index (χ2n) is 5.21. The third-order valence-corrected chi connectivity index (χ3v) is 4.93. The fraction of sp³-hybridized carbons (Fsp3) is 0.353. The minimum atomic E-state index is -0.306. The zero-order valence-corrected chi connectivity index (χ0v) is 12.6. The van der Waals surface area contributed by atoms with Crippen LogP contribution >= 0.6 is 11.8 Å². The molecule has 0 aliphatic heterocycles. The van der Waals surface area contributed by atoms with Gasteiger partial charge in [-0.1, -0.05) is 42.1 Å². The molecular weight excluding hydrogens is 252 g/mol. The number of carbonyl (C=O) groups is 1. The molecule has 0 aromatic heterocycles. The van der Waals surface area contributed by atoms with Crippen molar-refractivity contribution in [2.75, 3.05) is 0 Å². The molecule has 2 heteroatoms. The van der Waals surface area contributed by atoms with Crippen molar-refractivity contribution >= 4 is 17.5 Å². The lowest BCUT2D eigenvalue weighted by Crippen LogP contribution is -2.30. The Kier molecular flexibility index (Phi) is 4.31. The van der Waals surface area contributed by atoms with Crippen molar-refractivity contribution < 1.29 is 4.79 Å². The van der Waals surface area contributed by atoms with Crippen LogP contribution in [0.25, 0.3) is 0 Å². The van der Waals surface area contributed by atoms with Gasteiger partial charge < -0.3 is 0 Å². The molecule has 1 nitrogen and oxygen atoms in total. The van der Waals surface area contributed by atoms with E-state index in [-0.39, 0.29) is 11.2 Å². The molecule has 0 saturated heterocycles. The molecule has 19 heavy (non-hydrogen) atoms. The SMILES string of the molecule is C/C=C/[C@@]1(C)CCC(Sc2ccccc2)=C(C)C1=O. The highest BCUT2D eigenvalue weighted by Crippen LogP contribution is 2.43. The van der Waals surface area contributed by atoms with E-state index < -0.39 is 0 Å². The third kappa shape index (κ3) is 3.01. The fourth-order valence-corrected chi connectivity index (χ4v) is 3.54. The highest BCUT2D eigenvalue weighted by Gasteiger charge is 2.35. The lowest BCUT2D eigenvalue weighted by Gasteiger charge is -2.31. The largest absolute Gasteiger partial charge is 0.294 e. The van der Waals surface area contributed by atoms with Gasteiger partial charge in [0.25, 0.3) is 0 Å². The molecule has 0 amide bonds. The van der Waals surface area contributed by atoms with Crippen molar-refractivity contribution in [3.63, 3.8) is 0 Å². The maximum Gasteiger partial charge on any atom is 0.168 e. The molecule has 2 rings (SSSR count). The Bertz CT molecular complexity index is 527. The molecule has 0 radical (unpaired) electrons. The molecule has 1 aromatic rings. The van der Waals surface area contributed by atoms with Gasteiger partial charge in [0.15, 0.2) is 5.78 Å². The van der Waals surface area contributed by atoms with Crippen LogP contribution in [0.3, 0.4) is 0 Å². The van der Waals surface area contributed by atoms with E-state index >= 15 is 0 Å². The van der Waals surface area contributed by atoms with Crippen LogP contribution in [-0.4, -0.2) is 5.78 Å². The average Bonchev–Trinajstić information content (AvgIpc) is 2.42. The van der Waals surface area contributed by atoms with Crippen LogP contribution in [0.5, 0.6) is 0 Å². The standard InChI is InChI=1S/C17H20OS/c1-4-11-17(3)12-10-15(13(2)16(17)18)19-14-8-6-5-7-9-14/h4-9,11H,10,12H2,1-3H3/b11-4+/t17-/m0/s1. The molecule has 1 aliphatic carbocycles. The van der Waals surface area contributed by atoms with Crippen molar-refractivity contribution in [1.29, 1.82) is 0 Å². The predicted octanol–water partition coefficient (Wildman–Crippen LogP) is 5.00. The van der Waals surface area contributed by atoms with Gasteiger partial charge in [0, 0.05) is 15.9 Å². The number of thioether (sulfide) groups is 1. The lowest BCUT2D eigenvalue weighted by molar-refractivity contribution is -0.122.